The Kier molecular flexibility index (Phi) is 6.43. The van der Waals surface area contributed by atoms with Crippen molar-refractivity contribution < 1.29 is 9.66 Å². The third kappa shape index (κ3) is 4.96. The zero-order chi connectivity index (χ0) is 20.1. The molecule has 0 saturated carbocycles. The highest BCUT2D eigenvalue weighted by atomic mass is 32.1. The maximum atomic E-state index is 10.9. The maximum Gasteiger partial charge on any atom is 0.273 e. The van der Waals surface area contributed by atoms with Crippen LogP contribution < -0.4 is 10.1 Å². The number of benzene rings is 2. The Morgan fingerprint density at radius 3 is 2.46 bits per heavy atom. The highest BCUT2D eigenvalue weighted by Crippen LogP contribution is 2.29. The highest BCUT2D eigenvalue weighted by Gasteiger charge is 2.20. The number of hydrogen-bond donors (Lipinski definition) is 1. The molecule has 28 heavy (non-hydrogen) atoms. The fourth-order valence-electron chi connectivity index (χ4n) is 3.15. The molecule has 1 saturated heterocycles. The lowest BCUT2D eigenvalue weighted by molar-refractivity contribution is -0.384. The average molecular weight is 401 g/mol. The molecule has 3 rings (SSSR count). The lowest BCUT2D eigenvalue weighted by Crippen LogP contribution is -2.49. The van der Waals surface area contributed by atoms with Crippen molar-refractivity contribution in [1.82, 2.24) is 9.80 Å². The van der Waals surface area contributed by atoms with Crippen molar-refractivity contribution in [2.24, 2.45) is 0 Å². The molecule has 0 aromatic heterocycles. The minimum absolute atomic E-state index is 0.0157. The molecular formula is C20H24N4O3S. The van der Waals surface area contributed by atoms with Crippen molar-refractivity contribution in [3.63, 3.8) is 0 Å². The summed E-state index contributed by atoms with van der Waals surface area (Å²) < 4.78 is 5.26. The van der Waals surface area contributed by atoms with Gasteiger partial charge in [-0.2, -0.15) is 0 Å². The molecule has 0 bridgehead atoms. The number of methoxy groups -OCH3 is 1. The summed E-state index contributed by atoms with van der Waals surface area (Å²) in [6.45, 7) is 6.53. The lowest BCUT2D eigenvalue weighted by Gasteiger charge is -2.36. The van der Waals surface area contributed by atoms with Crippen LogP contribution in [0.2, 0.25) is 0 Å². The molecule has 148 valence electrons. The van der Waals surface area contributed by atoms with E-state index in [1.165, 1.54) is 30.4 Å². The number of anilines is 1. The third-order valence-electron chi connectivity index (χ3n) is 4.82. The van der Waals surface area contributed by atoms with Crippen LogP contribution in [0, 0.1) is 17.0 Å². The first-order chi connectivity index (χ1) is 13.5. The molecule has 1 aliphatic rings. The maximum absolute atomic E-state index is 10.9. The van der Waals surface area contributed by atoms with Crippen LogP contribution in [-0.2, 0) is 6.54 Å². The van der Waals surface area contributed by atoms with E-state index in [0.717, 1.165) is 32.7 Å². The number of non-ortho nitro benzene ring substituents is 1. The van der Waals surface area contributed by atoms with E-state index in [0.29, 0.717) is 16.5 Å². The summed E-state index contributed by atoms with van der Waals surface area (Å²) in [5, 5.41) is 14.7. The van der Waals surface area contributed by atoms with Crippen molar-refractivity contribution in [2.75, 3.05) is 38.6 Å². The van der Waals surface area contributed by atoms with Gasteiger partial charge in [-0.05, 0) is 30.8 Å². The van der Waals surface area contributed by atoms with Gasteiger partial charge in [0.25, 0.3) is 5.69 Å². The topological polar surface area (TPSA) is 70.9 Å². The van der Waals surface area contributed by atoms with Gasteiger partial charge in [0.05, 0.1) is 23.8 Å². The van der Waals surface area contributed by atoms with Crippen molar-refractivity contribution in [3.05, 3.63) is 63.7 Å². The molecule has 0 radical (unpaired) electrons. The van der Waals surface area contributed by atoms with Crippen molar-refractivity contribution in [1.29, 1.82) is 0 Å². The smallest absolute Gasteiger partial charge is 0.273 e. The van der Waals surface area contributed by atoms with Crippen molar-refractivity contribution >= 4 is 28.7 Å². The van der Waals surface area contributed by atoms with Crippen LogP contribution in [0.15, 0.2) is 42.5 Å². The molecule has 1 heterocycles. The predicted octanol–water partition coefficient (Wildman–Crippen LogP) is 3.43. The molecule has 0 atom stereocenters. The zero-order valence-electron chi connectivity index (χ0n) is 16.1. The van der Waals surface area contributed by atoms with E-state index < -0.39 is 4.92 Å². The molecule has 2 aromatic rings. The molecule has 0 amide bonds. The van der Waals surface area contributed by atoms with E-state index in [1.54, 1.807) is 6.07 Å². The van der Waals surface area contributed by atoms with Crippen LogP contribution >= 0.6 is 12.2 Å². The van der Waals surface area contributed by atoms with E-state index in [2.05, 4.69) is 46.3 Å². The lowest BCUT2D eigenvalue weighted by atomic mass is 10.1. The molecule has 1 aliphatic heterocycles. The van der Waals surface area contributed by atoms with Crippen LogP contribution in [0.4, 0.5) is 11.4 Å². The molecule has 2 aromatic carbocycles. The molecule has 7 nitrogen and oxygen atoms in total. The van der Waals surface area contributed by atoms with E-state index >= 15 is 0 Å². The number of nitrogens with zero attached hydrogens (tertiary/aromatic N) is 3. The Balaban J connectivity index is 1.55. The Bertz CT molecular complexity index is 849. The van der Waals surface area contributed by atoms with E-state index in [-0.39, 0.29) is 5.69 Å². The van der Waals surface area contributed by atoms with E-state index in [4.69, 9.17) is 17.0 Å². The van der Waals surface area contributed by atoms with Crippen molar-refractivity contribution in [2.45, 2.75) is 13.5 Å². The number of aryl methyl sites for hydroxylation is 1. The second-order valence-electron chi connectivity index (χ2n) is 6.82. The number of thiocarbonyl (C=S) groups is 1. The molecule has 1 fully saturated rings. The summed E-state index contributed by atoms with van der Waals surface area (Å²) >= 11 is 5.54. The minimum atomic E-state index is -0.447. The SMILES string of the molecule is COc1cc([N+](=O)[O-])ccc1NC(=S)N1CCN(Cc2ccc(C)cc2)CC1. The average Bonchev–Trinajstić information content (AvgIpc) is 2.70. The van der Waals surface area contributed by atoms with Gasteiger partial charge in [-0.15, -0.1) is 0 Å². The summed E-state index contributed by atoms with van der Waals surface area (Å²) in [7, 11) is 1.48. The summed E-state index contributed by atoms with van der Waals surface area (Å²) in [6.07, 6.45) is 0. The molecule has 8 heteroatoms. The fourth-order valence-corrected chi connectivity index (χ4v) is 3.44. The molecule has 0 spiro atoms. The first kappa shape index (κ1) is 20.0. The van der Waals surface area contributed by atoms with Gasteiger partial charge in [0.1, 0.15) is 5.75 Å². The molecule has 1 N–H and O–H groups in total. The largest absolute Gasteiger partial charge is 0.494 e. The monoisotopic (exact) mass is 400 g/mol. The minimum Gasteiger partial charge on any atom is -0.494 e. The summed E-state index contributed by atoms with van der Waals surface area (Å²) in [5.41, 5.74) is 3.19. The Hall–Kier alpha value is -2.71. The molecule has 0 aliphatic carbocycles. The second-order valence-corrected chi connectivity index (χ2v) is 7.21. The number of nitro groups is 1. The standard InChI is InChI=1S/C20H24N4O3S/c1-15-3-5-16(6-4-15)14-22-9-11-23(12-10-22)20(28)21-18-8-7-17(24(25)26)13-19(18)27-2/h3-8,13H,9-12,14H2,1-2H3,(H,21,28). The van der Waals surface area contributed by atoms with Gasteiger partial charge in [0.2, 0.25) is 0 Å². The van der Waals surface area contributed by atoms with Gasteiger partial charge in [0, 0.05) is 38.8 Å². The molecular weight excluding hydrogens is 376 g/mol. The predicted molar refractivity (Wildman–Crippen MR) is 114 cm³/mol. The molecule has 0 unspecified atom stereocenters. The quantitative estimate of drug-likeness (QED) is 0.468. The van der Waals surface area contributed by atoms with Gasteiger partial charge < -0.3 is 15.0 Å². The van der Waals surface area contributed by atoms with Crippen LogP contribution in [0.5, 0.6) is 5.75 Å². The van der Waals surface area contributed by atoms with Gasteiger partial charge in [0.15, 0.2) is 5.11 Å². The number of hydrogen-bond acceptors (Lipinski definition) is 5. The van der Waals surface area contributed by atoms with Crippen LogP contribution in [0.3, 0.4) is 0 Å². The first-order valence-corrected chi connectivity index (χ1v) is 9.53. The first-order valence-electron chi connectivity index (χ1n) is 9.12. The van der Waals surface area contributed by atoms with Crippen molar-refractivity contribution in [3.8, 4) is 5.75 Å². The van der Waals surface area contributed by atoms with Crippen LogP contribution in [0.25, 0.3) is 0 Å². The second kappa shape index (κ2) is 8.99. The van der Waals surface area contributed by atoms with E-state index in [9.17, 15) is 10.1 Å². The van der Waals surface area contributed by atoms with Gasteiger partial charge in [-0.3, -0.25) is 15.0 Å². The summed E-state index contributed by atoms with van der Waals surface area (Å²) in [6, 6.07) is 13.1. The zero-order valence-corrected chi connectivity index (χ0v) is 16.9. The Morgan fingerprint density at radius 2 is 1.86 bits per heavy atom. The summed E-state index contributed by atoms with van der Waals surface area (Å²) in [5.74, 6) is 0.398. The third-order valence-corrected chi connectivity index (χ3v) is 5.18. The van der Waals surface area contributed by atoms with Crippen LogP contribution in [0.1, 0.15) is 11.1 Å². The number of ether oxygens (including phenoxy) is 1. The van der Waals surface area contributed by atoms with Gasteiger partial charge in [-0.1, -0.05) is 29.8 Å². The van der Waals surface area contributed by atoms with Gasteiger partial charge in [-0.25, -0.2) is 0 Å². The highest BCUT2D eigenvalue weighted by molar-refractivity contribution is 7.80. The van der Waals surface area contributed by atoms with Crippen LogP contribution in [-0.4, -0.2) is 53.1 Å². The Labute approximate surface area is 170 Å². The Morgan fingerprint density at radius 1 is 1.18 bits per heavy atom. The van der Waals surface area contributed by atoms with Gasteiger partial charge >= 0.3 is 0 Å². The number of piperazine rings is 1. The number of nitrogens with one attached hydrogen (secondary N) is 1. The number of rotatable bonds is 5. The van der Waals surface area contributed by atoms with E-state index in [1.807, 2.05) is 0 Å². The number of nitro benzene ring substituents is 1. The normalized spacial score (nSPS) is 14.6. The fraction of sp³-hybridized carbons (Fsp3) is 0.350. The summed E-state index contributed by atoms with van der Waals surface area (Å²) in [4.78, 5) is 15.0.